The maximum atomic E-state index is 11.9. The van der Waals surface area contributed by atoms with Crippen LogP contribution in [0.25, 0.3) is 0 Å². The second-order valence-corrected chi connectivity index (χ2v) is 11.1. The number of likely N-dealkylation sites (tertiary alicyclic amines) is 1. The molecule has 6 nitrogen and oxygen atoms in total. The Kier molecular flexibility index (Phi) is 7.94. The van der Waals surface area contributed by atoms with Crippen molar-refractivity contribution in [1.82, 2.24) is 14.6 Å². The molecule has 32 heavy (non-hydrogen) atoms. The van der Waals surface area contributed by atoms with Crippen LogP contribution in [0.5, 0.6) is 0 Å². The van der Waals surface area contributed by atoms with E-state index in [9.17, 15) is 8.42 Å². The lowest BCUT2D eigenvalue weighted by molar-refractivity contribution is -0.0179. The van der Waals surface area contributed by atoms with Gasteiger partial charge in [-0.25, -0.2) is 13.1 Å². The lowest BCUT2D eigenvalue weighted by Crippen LogP contribution is -2.52. The van der Waals surface area contributed by atoms with Crippen LogP contribution < -0.4 is 4.72 Å². The Hall–Kier alpha value is -1.80. The summed E-state index contributed by atoms with van der Waals surface area (Å²) in [5.74, 6) is 0.772. The van der Waals surface area contributed by atoms with E-state index < -0.39 is 10.0 Å². The Morgan fingerprint density at radius 2 is 1.75 bits per heavy atom. The third kappa shape index (κ3) is 6.85. The summed E-state index contributed by atoms with van der Waals surface area (Å²) in [4.78, 5) is 6.50. The van der Waals surface area contributed by atoms with Gasteiger partial charge in [-0.15, -0.1) is 0 Å². The van der Waals surface area contributed by atoms with E-state index in [-0.39, 0.29) is 18.1 Å². The number of sulfonamides is 1. The zero-order valence-electron chi connectivity index (χ0n) is 18.9. The molecule has 1 N–H and O–H groups in total. The first-order valence-electron chi connectivity index (χ1n) is 11.7. The average molecular weight is 458 g/mol. The maximum Gasteiger partial charge on any atom is 0.208 e. The largest absolute Gasteiger partial charge is 0.378 e. The molecule has 2 heterocycles. The fourth-order valence-electron chi connectivity index (χ4n) is 5.14. The van der Waals surface area contributed by atoms with Crippen LogP contribution in [0.4, 0.5) is 0 Å². The van der Waals surface area contributed by atoms with Crippen molar-refractivity contribution in [1.29, 1.82) is 0 Å². The van der Waals surface area contributed by atoms with Crippen LogP contribution in [0.3, 0.4) is 0 Å². The predicted molar refractivity (Wildman–Crippen MR) is 127 cm³/mol. The highest BCUT2D eigenvalue weighted by atomic mass is 32.2. The molecule has 1 saturated heterocycles. The summed E-state index contributed by atoms with van der Waals surface area (Å²) in [6, 6.07) is 14.8. The third-order valence-electron chi connectivity index (χ3n) is 6.83. The van der Waals surface area contributed by atoms with Crippen molar-refractivity contribution >= 4 is 10.0 Å². The number of rotatable bonds is 8. The predicted octanol–water partition coefficient (Wildman–Crippen LogP) is 3.56. The van der Waals surface area contributed by atoms with Gasteiger partial charge in [0.15, 0.2) is 0 Å². The zero-order chi connectivity index (χ0) is 22.4. The minimum absolute atomic E-state index is 0.0700. The van der Waals surface area contributed by atoms with Crippen LogP contribution >= 0.6 is 0 Å². The molecule has 1 aromatic heterocycles. The Labute approximate surface area is 192 Å². The summed E-state index contributed by atoms with van der Waals surface area (Å²) in [7, 11) is -3.25. The fraction of sp³-hybridized carbons (Fsp3) is 0.560. The molecule has 0 spiro atoms. The first-order valence-corrected chi connectivity index (χ1v) is 13.6. The van der Waals surface area contributed by atoms with Crippen LogP contribution in [0.2, 0.25) is 0 Å². The molecule has 0 bridgehead atoms. The molecule has 1 unspecified atom stereocenters. The van der Waals surface area contributed by atoms with Gasteiger partial charge in [-0.3, -0.25) is 9.88 Å². The molecule has 7 heteroatoms. The highest BCUT2D eigenvalue weighted by molar-refractivity contribution is 7.88. The Morgan fingerprint density at radius 1 is 1.03 bits per heavy atom. The van der Waals surface area contributed by atoms with Crippen molar-refractivity contribution in [3.05, 3.63) is 66.0 Å². The third-order valence-corrected chi connectivity index (χ3v) is 7.56. The monoisotopic (exact) mass is 457 g/mol. The van der Waals surface area contributed by atoms with Gasteiger partial charge in [0.05, 0.1) is 19.0 Å². The molecule has 174 valence electrons. The second kappa shape index (κ2) is 10.9. The summed E-state index contributed by atoms with van der Waals surface area (Å²) >= 11 is 0. The minimum atomic E-state index is -3.25. The smallest absolute Gasteiger partial charge is 0.208 e. The second-order valence-electron chi connectivity index (χ2n) is 9.35. The van der Waals surface area contributed by atoms with Crippen LogP contribution in [0.15, 0.2) is 54.9 Å². The molecule has 2 atom stereocenters. The normalized spacial score (nSPS) is 27.3. The number of benzene rings is 1. The topological polar surface area (TPSA) is 71.5 Å². The van der Waals surface area contributed by atoms with Gasteiger partial charge in [-0.05, 0) is 61.3 Å². The molecule has 1 aromatic carbocycles. The van der Waals surface area contributed by atoms with Crippen molar-refractivity contribution in [2.45, 2.75) is 56.7 Å². The van der Waals surface area contributed by atoms with Gasteiger partial charge >= 0.3 is 0 Å². The first-order chi connectivity index (χ1) is 15.5. The number of aromatic nitrogens is 1. The molecule has 2 aromatic rings. The van der Waals surface area contributed by atoms with Crippen molar-refractivity contribution in [2.75, 3.05) is 26.0 Å². The lowest BCUT2D eigenvalue weighted by atomic mass is 9.82. The van der Waals surface area contributed by atoms with E-state index in [0.717, 1.165) is 51.7 Å². The number of nitrogens with one attached hydrogen (secondary N) is 1. The van der Waals surface area contributed by atoms with E-state index >= 15 is 0 Å². The highest BCUT2D eigenvalue weighted by Crippen LogP contribution is 2.34. The summed E-state index contributed by atoms with van der Waals surface area (Å²) in [5.41, 5.74) is 2.66. The lowest BCUT2D eigenvalue weighted by Gasteiger charge is -2.39. The summed E-state index contributed by atoms with van der Waals surface area (Å²) in [6.07, 6.45) is 10.4. The number of ether oxygens (including phenoxy) is 1. The molecule has 0 radical (unpaired) electrons. The number of pyridine rings is 1. The van der Waals surface area contributed by atoms with Crippen LogP contribution in [0, 0.1) is 5.92 Å². The maximum absolute atomic E-state index is 11.9. The van der Waals surface area contributed by atoms with E-state index in [1.807, 2.05) is 24.5 Å². The van der Waals surface area contributed by atoms with Crippen LogP contribution in [-0.2, 0) is 21.3 Å². The van der Waals surface area contributed by atoms with Gasteiger partial charge in [0.25, 0.3) is 0 Å². The molecule has 2 fully saturated rings. The summed E-state index contributed by atoms with van der Waals surface area (Å²) in [6.45, 7) is 3.15. The molecular formula is C25H35N3O3S. The Balaban J connectivity index is 1.32. The first kappa shape index (κ1) is 23.4. The van der Waals surface area contributed by atoms with Crippen molar-refractivity contribution in [3.63, 3.8) is 0 Å². The average Bonchev–Trinajstić information content (AvgIpc) is 2.80. The van der Waals surface area contributed by atoms with Crippen molar-refractivity contribution < 1.29 is 13.2 Å². The van der Waals surface area contributed by atoms with Gasteiger partial charge in [-0.2, -0.15) is 0 Å². The van der Waals surface area contributed by atoms with Gasteiger partial charge in [-0.1, -0.05) is 30.3 Å². The zero-order valence-corrected chi connectivity index (χ0v) is 19.7. The summed E-state index contributed by atoms with van der Waals surface area (Å²) < 4.78 is 33.1. The van der Waals surface area contributed by atoms with E-state index in [0.29, 0.717) is 12.5 Å². The Morgan fingerprint density at radius 3 is 2.44 bits per heavy atom. The molecule has 1 saturated carbocycles. The molecule has 4 rings (SSSR count). The van der Waals surface area contributed by atoms with Crippen LogP contribution in [-0.4, -0.2) is 56.4 Å². The van der Waals surface area contributed by atoms with Crippen LogP contribution in [0.1, 0.15) is 49.1 Å². The SMILES string of the molecule is CS(=O)(=O)NC1CCN(Cc2ccncc2)C[C@H]1COC1CCC(c2ccccc2)CC1. The molecular weight excluding hydrogens is 422 g/mol. The molecule has 1 aliphatic carbocycles. The van der Waals surface area contributed by atoms with Crippen molar-refractivity contribution in [2.24, 2.45) is 5.92 Å². The van der Waals surface area contributed by atoms with Gasteiger partial charge in [0.1, 0.15) is 0 Å². The van der Waals surface area contributed by atoms with Crippen molar-refractivity contribution in [3.8, 4) is 0 Å². The molecule has 2 aliphatic rings. The standard InChI is InChI=1S/C25H35N3O3S/c1-32(29,30)27-25-13-16-28(17-20-11-14-26-15-12-20)18-23(25)19-31-24-9-7-22(8-10-24)21-5-3-2-4-6-21/h2-6,11-12,14-15,22-25,27H,7-10,13,16-19H2,1H3/t22?,23-,24?,25?/m0/s1. The van der Waals surface area contributed by atoms with E-state index in [1.54, 1.807) is 0 Å². The van der Waals surface area contributed by atoms with E-state index in [1.165, 1.54) is 17.4 Å². The fourth-order valence-corrected chi connectivity index (χ4v) is 6.00. The Bertz CT molecular complexity index is 931. The number of nitrogens with zero attached hydrogens (tertiary/aromatic N) is 2. The van der Waals surface area contributed by atoms with Gasteiger partial charge < -0.3 is 4.74 Å². The van der Waals surface area contributed by atoms with E-state index in [4.69, 9.17) is 4.74 Å². The number of hydrogen-bond donors (Lipinski definition) is 1. The molecule has 1 aliphatic heterocycles. The number of piperidine rings is 1. The van der Waals surface area contributed by atoms with Gasteiger partial charge in [0, 0.05) is 44.0 Å². The quantitative estimate of drug-likeness (QED) is 0.656. The highest BCUT2D eigenvalue weighted by Gasteiger charge is 2.32. The van der Waals surface area contributed by atoms with E-state index in [2.05, 4.69) is 44.9 Å². The number of hydrogen-bond acceptors (Lipinski definition) is 5. The van der Waals surface area contributed by atoms with Gasteiger partial charge in [0.2, 0.25) is 10.0 Å². The summed E-state index contributed by atoms with van der Waals surface area (Å²) in [5, 5.41) is 0. The minimum Gasteiger partial charge on any atom is -0.378 e. The molecule has 0 amide bonds.